The van der Waals surface area contributed by atoms with Crippen LogP contribution in [0.1, 0.15) is 30.6 Å². The smallest absolute Gasteiger partial charge is 0.422 e. The number of rotatable bonds is 5. The van der Waals surface area contributed by atoms with E-state index < -0.39 is 36.3 Å². The van der Waals surface area contributed by atoms with Crippen LogP contribution < -0.4 is 15.6 Å². The fourth-order valence-corrected chi connectivity index (χ4v) is 3.05. The van der Waals surface area contributed by atoms with Gasteiger partial charge in [0.15, 0.2) is 12.8 Å². The van der Waals surface area contributed by atoms with E-state index in [9.17, 15) is 22.5 Å². The highest BCUT2D eigenvalue weighted by Crippen LogP contribution is 2.20. The van der Waals surface area contributed by atoms with Crippen molar-refractivity contribution in [1.82, 2.24) is 14.6 Å². The van der Waals surface area contributed by atoms with Gasteiger partial charge >= 0.3 is 12.2 Å². The van der Waals surface area contributed by atoms with Crippen molar-refractivity contribution in [3.8, 4) is 0 Å². The van der Waals surface area contributed by atoms with Gasteiger partial charge < -0.3 is 19.2 Å². The molecule has 2 N–H and O–H groups in total. The summed E-state index contributed by atoms with van der Waals surface area (Å²) < 4.78 is 57.8. The van der Waals surface area contributed by atoms with Gasteiger partial charge in [-0.2, -0.15) is 22.9 Å². The lowest BCUT2D eigenvalue weighted by Crippen LogP contribution is -2.46. The summed E-state index contributed by atoms with van der Waals surface area (Å²) in [6.07, 6.45) is -3.27. The maximum Gasteiger partial charge on any atom is 0.422 e. The molecule has 1 aliphatic rings. The molecular weight excluding hydrogens is 387 g/mol. The third kappa shape index (κ3) is 6.17. The molecule has 0 saturated carbocycles. The summed E-state index contributed by atoms with van der Waals surface area (Å²) in [5, 5.41) is 2.84. The summed E-state index contributed by atoms with van der Waals surface area (Å²) in [5.41, 5.74) is 0.748. The van der Waals surface area contributed by atoms with Crippen LogP contribution >= 0.6 is 0 Å². The Morgan fingerprint density at radius 1 is 1.48 bits per heavy atom. The Balaban J connectivity index is 2.29. The minimum atomic E-state index is -4.55. The van der Waals surface area contributed by atoms with Crippen molar-refractivity contribution >= 4 is 23.3 Å². The van der Waals surface area contributed by atoms with E-state index in [2.05, 4.69) is 24.8 Å². The van der Waals surface area contributed by atoms with Crippen LogP contribution in [0.25, 0.3) is 0 Å². The van der Waals surface area contributed by atoms with Gasteiger partial charge in [-0.25, -0.2) is 4.99 Å². The first-order chi connectivity index (χ1) is 12.6. The molecule has 1 aliphatic heterocycles. The molecule has 2 atom stereocenters. The van der Waals surface area contributed by atoms with Gasteiger partial charge in [0, 0.05) is 24.4 Å². The molecule has 1 aromatic heterocycles. The van der Waals surface area contributed by atoms with Crippen molar-refractivity contribution in [3.63, 3.8) is 0 Å². The first-order valence-electron chi connectivity index (χ1n) is 8.04. The average molecular weight is 407 g/mol. The van der Waals surface area contributed by atoms with E-state index >= 15 is 0 Å². The van der Waals surface area contributed by atoms with Crippen molar-refractivity contribution < 1.29 is 22.5 Å². The summed E-state index contributed by atoms with van der Waals surface area (Å²) in [6, 6.07) is 1.06. The van der Waals surface area contributed by atoms with Crippen molar-refractivity contribution in [2.75, 3.05) is 12.4 Å². The Bertz CT molecular complexity index is 768. The van der Waals surface area contributed by atoms with E-state index in [0.29, 0.717) is 23.3 Å². The van der Waals surface area contributed by atoms with Gasteiger partial charge in [-0.1, -0.05) is 6.92 Å². The van der Waals surface area contributed by atoms with Gasteiger partial charge in [0.2, 0.25) is 5.96 Å². The molecule has 0 radical (unpaired) electrons. The van der Waals surface area contributed by atoms with Gasteiger partial charge in [0.05, 0.1) is 11.4 Å². The second kappa shape index (κ2) is 8.65. The zero-order valence-electron chi connectivity index (χ0n) is 15.0. The Morgan fingerprint density at radius 2 is 2.19 bits per heavy atom. The Morgan fingerprint density at radius 3 is 2.78 bits per heavy atom. The van der Waals surface area contributed by atoms with Gasteiger partial charge in [0.25, 0.3) is 5.56 Å². The second-order valence-corrected chi connectivity index (χ2v) is 7.15. The average Bonchev–Trinajstić information content (AvgIpc) is 2.57. The molecular formula is C15H20F3N5O3S. The van der Waals surface area contributed by atoms with Gasteiger partial charge in [-0.15, -0.1) is 0 Å². The number of amidine groups is 1. The lowest BCUT2D eigenvalue weighted by molar-refractivity contribution is -0.156. The zero-order valence-corrected chi connectivity index (χ0v) is 15.8. The predicted molar refractivity (Wildman–Crippen MR) is 95.6 cm³/mol. The molecule has 0 aliphatic carbocycles. The fraction of sp³-hybridized carbons (Fsp3) is 0.533. The monoisotopic (exact) mass is 407 g/mol. The molecule has 0 fully saturated rings. The van der Waals surface area contributed by atoms with E-state index in [1.54, 1.807) is 20.0 Å². The van der Waals surface area contributed by atoms with Crippen molar-refractivity contribution in [2.45, 2.75) is 32.6 Å². The Labute approximate surface area is 156 Å². The molecule has 8 nitrogen and oxygen atoms in total. The minimum absolute atomic E-state index is 0.0227. The van der Waals surface area contributed by atoms with Crippen LogP contribution in [0.5, 0.6) is 0 Å². The van der Waals surface area contributed by atoms with Crippen LogP contribution in [0.15, 0.2) is 27.0 Å². The summed E-state index contributed by atoms with van der Waals surface area (Å²) in [5.74, 6) is 0.311. The van der Waals surface area contributed by atoms with E-state index in [1.165, 1.54) is 10.8 Å². The van der Waals surface area contributed by atoms with Gasteiger partial charge in [-0.05, 0) is 19.4 Å². The second-order valence-electron chi connectivity index (χ2n) is 5.85. The maximum atomic E-state index is 12.4. The van der Waals surface area contributed by atoms with Crippen LogP contribution in [0, 0.1) is 6.92 Å². The molecule has 1 aromatic rings. The summed E-state index contributed by atoms with van der Waals surface area (Å²) in [6.45, 7) is 1.90. The topological polar surface area (TPSA) is 103 Å². The Kier molecular flexibility index (Phi) is 6.76. The number of hydrogen-bond donors (Lipinski definition) is 2. The Hall–Kier alpha value is -2.21. The standard InChI is InChI=1S/C15H20F3N5O3S/c1-4-5-27(25)22-13-19-11(10-6-9(2)12(24)23(3)7-10)20-14(21-13)26-8-15(16,17)18/h6-7,11H,4-5,8H2,1-3H3,(H2,19,20,21,22). The minimum Gasteiger partial charge on any atom is -0.593 e. The number of pyridine rings is 1. The molecule has 0 aromatic carbocycles. The first-order valence-corrected chi connectivity index (χ1v) is 9.35. The molecule has 2 heterocycles. The SMILES string of the molecule is CCC[S+]([O-])NC1=NC(OCC(F)(F)F)=NC(c2cc(C)c(=O)n(C)c2)N1. The molecule has 12 heteroatoms. The first kappa shape index (κ1) is 21.1. The summed E-state index contributed by atoms with van der Waals surface area (Å²) >= 11 is -1.47. The van der Waals surface area contributed by atoms with Gasteiger partial charge in [0.1, 0.15) is 5.75 Å². The molecule has 0 spiro atoms. The molecule has 150 valence electrons. The number of aliphatic imine (C=N–C) groups is 2. The predicted octanol–water partition coefficient (Wildman–Crippen LogP) is 1.25. The highest BCUT2D eigenvalue weighted by atomic mass is 32.2. The number of aryl methyl sites for hydroxylation is 2. The third-order valence-electron chi connectivity index (χ3n) is 3.38. The lowest BCUT2D eigenvalue weighted by Gasteiger charge is -2.24. The number of nitrogens with zero attached hydrogens (tertiary/aromatic N) is 3. The summed E-state index contributed by atoms with van der Waals surface area (Å²) in [7, 11) is 1.55. The number of alkyl halides is 3. The molecule has 0 saturated heterocycles. The molecule has 2 rings (SSSR count). The number of nitrogens with one attached hydrogen (secondary N) is 2. The number of aromatic nitrogens is 1. The lowest BCUT2D eigenvalue weighted by atomic mass is 10.1. The molecule has 2 unspecified atom stereocenters. The summed E-state index contributed by atoms with van der Waals surface area (Å²) in [4.78, 5) is 19.7. The number of ether oxygens (including phenoxy) is 1. The molecule has 0 bridgehead atoms. The van der Waals surface area contributed by atoms with E-state index in [-0.39, 0.29) is 11.5 Å². The van der Waals surface area contributed by atoms with Crippen LogP contribution in [-0.2, 0) is 23.1 Å². The van der Waals surface area contributed by atoms with E-state index in [0.717, 1.165) is 0 Å². The van der Waals surface area contributed by atoms with Crippen LogP contribution in [-0.4, -0.2) is 39.6 Å². The maximum absolute atomic E-state index is 12.4. The molecule has 27 heavy (non-hydrogen) atoms. The van der Waals surface area contributed by atoms with E-state index in [4.69, 9.17) is 0 Å². The fourth-order valence-electron chi connectivity index (χ4n) is 2.26. The van der Waals surface area contributed by atoms with Crippen LogP contribution in [0.3, 0.4) is 0 Å². The van der Waals surface area contributed by atoms with Crippen LogP contribution in [0.4, 0.5) is 13.2 Å². The zero-order chi connectivity index (χ0) is 20.2. The number of guanidine groups is 1. The largest absolute Gasteiger partial charge is 0.593 e. The third-order valence-corrected chi connectivity index (χ3v) is 4.58. The van der Waals surface area contributed by atoms with Crippen molar-refractivity contribution in [2.24, 2.45) is 17.0 Å². The van der Waals surface area contributed by atoms with Crippen molar-refractivity contribution in [3.05, 3.63) is 33.7 Å². The van der Waals surface area contributed by atoms with Crippen molar-refractivity contribution in [1.29, 1.82) is 0 Å². The highest BCUT2D eigenvalue weighted by molar-refractivity contribution is 7.90. The highest BCUT2D eigenvalue weighted by Gasteiger charge is 2.31. The van der Waals surface area contributed by atoms with Crippen LogP contribution in [0.2, 0.25) is 0 Å². The van der Waals surface area contributed by atoms with Gasteiger partial charge in [-0.3, -0.25) is 4.79 Å². The number of hydrogen-bond acceptors (Lipinski definition) is 7. The molecule has 0 amide bonds. The number of halogens is 3. The van der Waals surface area contributed by atoms with E-state index in [1.807, 2.05) is 6.92 Å². The normalized spacial score (nSPS) is 18.3. The quantitative estimate of drug-likeness (QED) is 0.715.